The van der Waals surface area contributed by atoms with Crippen molar-refractivity contribution < 1.29 is 14.6 Å². The van der Waals surface area contributed by atoms with E-state index in [0.717, 1.165) is 16.9 Å². The number of rotatable bonds is 6. The topological polar surface area (TPSA) is 88.4 Å². The monoisotopic (exact) mass is 366 g/mol. The Bertz CT molecular complexity index is 909. The summed E-state index contributed by atoms with van der Waals surface area (Å²) in [7, 11) is 1.57. The molecule has 3 rings (SSSR count). The molecule has 1 heterocycles. The molecular weight excluding hydrogens is 344 g/mol. The van der Waals surface area contributed by atoms with Crippen LogP contribution in [0, 0.1) is 6.92 Å². The van der Waals surface area contributed by atoms with Crippen molar-refractivity contribution in [2.75, 3.05) is 19.0 Å². The summed E-state index contributed by atoms with van der Waals surface area (Å²) < 4.78 is 7.28. The zero-order valence-electron chi connectivity index (χ0n) is 15.2. The maximum atomic E-state index is 12.1. The van der Waals surface area contributed by atoms with Crippen LogP contribution >= 0.6 is 0 Å². The molecule has 0 spiro atoms. The van der Waals surface area contributed by atoms with Crippen molar-refractivity contribution in [2.24, 2.45) is 0 Å². The minimum atomic E-state index is -0.765. The smallest absolute Gasteiger partial charge is 0.319 e. The number of methoxy groups -OCH3 is 1. The lowest BCUT2D eigenvalue weighted by Gasteiger charge is -2.14. The van der Waals surface area contributed by atoms with Gasteiger partial charge in [0, 0.05) is 24.5 Å². The third-order valence-electron chi connectivity index (χ3n) is 4.07. The highest BCUT2D eigenvalue weighted by atomic mass is 16.5. The molecule has 2 amide bonds. The van der Waals surface area contributed by atoms with Gasteiger partial charge in [-0.2, -0.15) is 0 Å². The van der Waals surface area contributed by atoms with Crippen LogP contribution in [-0.2, 0) is 0 Å². The number of imidazole rings is 1. The molecule has 0 aliphatic heterocycles. The molecule has 27 heavy (non-hydrogen) atoms. The molecule has 0 saturated carbocycles. The number of hydrogen-bond acceptors (Lipinski definition) is 4. The summed E-state index contributed by atoms with van der Waals surface area (Å²) >= 11 is 0. The summed E-state index contributed by atoms with van der Waals surface area (Å²) in [6.07, 6.45) is 2.83. The van der Waals surface area contributed by atoms with Crippen LogP contribution in [0.2, 0.25) is 0 Å². The SMILES string of the molecule is COc1cc(NC(=O)NC[C@@H](O)c2ccccc2)ccc1-n1cnc(C)c1. The van der Waals surface area contributed by atoms with Crippen LogP contribution < -0.4 is 15.4 Å². The van der Waals surface area contributed by atoms with E-state index in [9.17, 15) is 9.90 Å². The fraction of sp³-hybridized carbons (Fsp3) is 0.200. The molecular formula is C20H22N4O3. The summed E-state index contributed by atoms with van der Waals surface area (Å²) in [4.78, 5) is 16.3. The number of aliphatic hydroxyl groups is 1. The van der Waals surface area contributed by atoms with Crippen LogP contribution in [0.25, 0.3) is 5.69 Å². The molecule has 140 valence electrons. The first-order valence-electron chi connectivity index (χ1n) is 8.53. The average Bonchev–Trinajstić information content (AvgIpc) is 3.12. The number of urea groups is 1. The Morgan fingerprint density at radius 1 is 1.26 bits per heavy atom. The Morgan fingerprint density at radius 2 is 2.04 bits per heavy atom. The van der Waals surface area contributed by atoms with E-state index in [0.29, 0.717) is 11.4 Å². The Morgan fingerprint density at radius 3 is 2.70 bits per heavy atom. The third-order valence-corrected chi connectivity index (χ3v) is 4.07. The zero-order valence-corrected chi connectivity index (χ0v) is 15.2. The molecule has 3 N–H and O–H groups in total. The summed E-state index contributed by atoms with van der Waals surface area (Å²) in [6.45, 7) is 2.02. The van der Waals surface area contributed by atoms with Gasteiger partial charge < -0.3 is 25.0 Å². The predicted molar refractivity (Wildman–Crippen MR) is 103 cm³/mol. The lowest BCUT2D eigenvalue weighted by atomic mass is 10.1. The Kier molecular flexibility index (Phi) is 5.73. The molecule has 1 atom stereocenters. The fourth-order valence-corrected chi connectivity index (χ4v) is 2.68. The van der Waals surface area contributed by atoms with Crippen molar-refractivity contribution >= 4 is 11.7 Å². The molecule has 0 bridgehead atoms. The van der Waals surface area contributed by atoms with Gasteiger partial charge in [0.2, 0.25) is 0 Å². The quantitative estimate of drug-likeness (QED) is 0.626. The number of aromatic nitrogens is 2. The number of amides is 2. The number of carbonyl (C=O) groups excluding carboxylic acids is 1. The van der Waals surface area contributed by atoms with Gasteiger partial charge in [0.05, 0.1) is 30.9 Å². The number of aliphatic hydroxyl groups excluding tert-OH is 1. The van der Waals surface area contributed by atoms with Crippen molar-refractivity contribution in [2.45, 2.75) is 13.0 Å². The first kappa shape index (κ1) is 18.5. The molecule has 1 aromatic heterocycles. The van der Waals surface area contributed by atoms with E-state index < -0.39 is 12.1 Å². The maximum absolute atomic E-state index is 12.1. The van der Waals surface area contributed by atoms with Crippen molar-refractivity contribution in [1.82, 2.24) is 14.9 Å². The van der Waals surface area contributed by atoms with Crippen molar-refractivity contribution in [1.29, 1.82) is 0 Å². The van der Waals surface area contributed by atoms with Gasteiger partial charge in [-0.05, 0) is 24.6 Å². The van der Waals surface area contributed by atoms with Gasteiger partial charge in [0.15, 0.2) is 0 Å². The molecule has 0 fully saturated rings. The maximum Gasteiger partial charge on any atom is 0.319 e. The first-order chi connectivity index (χ1) is 13.1. The highest BCUT2D eigenvalue weighted by Crippen LogP contribution is 2.26. The van der Waals surface area contributed by atoms with Gasteiger partial charge in [0.1, 0.15) is 5.75 Å². The van der Waals surface area contributed by atoms with E-state index in [1.807, 2.05) is 54.1 Å². The number of nitrogens with one attached hydrogen (secondary N) is 2. The average molecular weight is 366 g/mol. The number of anilines is 1. The normalized spacial score (nSPS) is 11.7. The summed E-state index contributed by atoms with van der Waals surface area (Å²) in [6, 6.07) is 14.1. The van der Waals surface area contributed by atoms with Gasteiger partial charge in [-0.25, -0.2) is 9.78 Å². The zero-order chi connectivity index (χ0) is 19.2. The van der Waals surface area contributed by atoms with E-state index >= 15 is 0 Å². The first-order valence-corrected chi connectivity index (χ1v) is 8.53. The minimum absolute atomic E-state index is 0.110. The van der Waals surface area contributed by atoms with E-state index in [1.165, 1.54) is 0 Å². The molecule has 0 aliphatic rings. The van der Waals surface area contributed by atoms with E-state index in [2.05, 4.69) is 15.6 Å². The molecule has 7 heteroatoms. The van der Waals surface area contributed by atoms with Gasteiger partial charge in [0.25, 0.3) is 0 Å². The number of carbonyl (C=O) groups is 1. The van der Waals surface area contributed by atoms with Crippen molar-refractivity contribution in [3.63, 3.8) is 0 Å². The minimum Gasteiger partial charge on any atom is -0.494 e. The van der Waals surface area contributed by atoms with Crippen LogP contribution in [0.1, 0.15) is 17.4 Å². The number of nitrogens with zero attached hydrogens (tertiary/aromatic N) is 2. The van der Waals surface area contributed by atoms with Crippen molar-refractivity contribution in [3.8, 4) is 11.4 Å². The predicted octanol–water partition coefficient (Wildman–Crippen LogP) is 3.04. The molecule has 0 saturated heterocycles. The van der Waals surface area contributed by atoms with Gasteiger partial charge in [-0.1, -0.05) is 30.3 Å². The Balaban J connectivity index is 1.62. The fourth-order valence-electron chi connectivity index (χ4n) is 2.68. The highest BCUT2D eigenvalue weighted by molar-refractivity contribution is 5.89. The molecule has 7 nitrogen and oxygen atoms in total. The summed E-state index contributed by atoms with van der Waals surface area (Å²) in [5.74, 6) is 0.606. The number of aryl methyl sites for hydroxylation is 1. The van der Waals surface area contributed by atoms with Crippen LogP contribution in [0.3, 0.4) is 0 Å². The van der Waals surface area contributed by atoms with Gasteiger partial charge in [-0.3, -0.25) is 0 Å². The summed E-state index contributed by atoms with van der Waals surface area (Å²) in [5, 5.41) is 15.5. The largest absolute Gasteiger partial charge is 0.494 e. The van der Waals surface area contributed by atoms with Crippen molar-refractivity contribution in [3.05, 3.63) is 72.3 Å². The highest BCUT2D eigenvalue weighted by Gasteiger charge is 2.11. The van der Waals surface area contributed by atoms with Crippen LogP contribution in [0.5, 0.6) is 5.75 Å². The lowest BCUT2D eigenvalue weighted by molar-refractivity contribution is 0.175. The second-order valence-corrected chi connectivity index (χ2v) is 6.07. The molecule has 0 aliphatic carbocycles. The Labute approximate surface area is 157 Å². The van der Waals surface area contributed by atoms with Gasteiger partial charge >= 0.3 is 6.03 Å². The second-order valence-electron chi connectivity index (χ2n) is 6.07. The molecule has 0 unspecified atom stereocenters. The second kappa shape index (κ2) is 8.37. The molecule has 2 aromatic carbocycles. The van der Waals surface area contributed by atoms with E-state index in [1.54, 1.807) is 25.6 Å². The van der Waals surface area contributed by atoms with E-state index in [4.69, 9.17) is 4.74 Å². The van der Waals surface area contributed by atoms with Crippen LogP contribution in [0.4, 0.5) is 10.5 Å². The Hall–Kier alpha value is -3.32. The number of ether oxygens (including phenoxy) is 1. The van der Waals surface area contributed by atoms with Gasteiger partial charge in [-0.15, -0.1) is 0 Å². The standard InChI is InChI=1S/C20H22N4O3/c1-14-12-24(13-22-14)17-9-8-16(10-19(17)27-2)23-20(26)21-11-18(25)15-6-4-3-5-7-15/h3-10,12-13,18,25H,11H2,1-2H3,(H2,21,23,26)/t18-/m1/s1. The number of hydrogen-bond donors (Lipinski definition) is 3. The third kappa shape index (κ3) is 4.65. The van der Waals surface area contributed by atoms with E-state index in [-0.39, 0.29) is 6.54 Å². The summed E-state index contributed by atoms with van der Waals surface area (Å²) in [5.41, 5.74) is 3.05. The number of benzene rings is 2. The molecule has 0 radical (unpaired) electrons. The van der Waals surface area contributed by atoms with Crippen LogP contribution in [-0.4, -0.2) is 34.3 Å². The lowest BCUT2D eigenvalue weighted by Crippen LogP contribution is -2.32. The molecule has 3 aromatic rings. The van der Waals surface area contributed by atoms with Crippen LogP contribution in [0.15, 0.2) is 61.1 Å².